The molecule has 0 saturated carbocycles. The highest BCUT2D eigenvalue weighted by Crippen LogP contribution is 2.30. The summed E-state index contributed by atoms with van der Waals surface area (Å²) in [6.07, 6.45) is 3.75. The number of rotatable bonds is 4. The zero-order valence-corrected chi connectivity index (χ0v) is 17.9. The molecule has 1 atom stereocenters. The van der Waals surface area contributed by atoms with Gasteiger partial charge in [-0.05, 0) is 38.0 Å². The van der Waals surface area contributed by atoms with Gasteiger partial charge in [-0.2, -0.15) is 0 Å². The average molecular weight is 419 g/mol. The van der Waals surface area contributed by atoms with Crippen molar-refractivity contribution >= 4 is 5.97 Å². The maximum absolute atomic E-state index is 11.8. The van der Waals surface area contributed by atoms with Crippen LogP contribution in [0.5, 0.6) is 0 Å². The number of carbonyl (C=O) groups excluding carboxylic acids is 1. The molecule has 0 radical (unpaired) electrons. The Balaban J connectivity index is 1.30. The van der Waals surface area contributed by atoms with Gasteiger partial charge in [0.1, 0.15) is 18.3 Å². The fraction of sp³-hybridized carbons (Fsp3) is 0.409. The molecule has 1 fully saturated rings. The first kappa shape index (κ1) is 19.8. The van der Waals surface area contributed by atoms with Crippen molar-refractivity contribution in [3.63, 3.8) is 0 Å². The first-order chi connectivity index (χ1) is 15.0. The first-order valence-electron chi connectivity index (χ1n) is 10.5. The van der Waals surface area contributed by atoms with Crippen LogP contribution >= 0.6 is 0 Å². The highest BCUT2D eigenvalue weighted by molar-refractivity contribution is 5.93. The van der Waals surface area contributed by atoms with Gasteiger partial charge in [0.25, 0.3) is 0 Å². The Bertz CT molecular complexity index is 1120. The van der Waals surface area contributed by atoms with E-state index in [0.29, 0.717) is 18.1 Å². The third-order valence-electron chi connectivity index (χ3n) is 6.13. The lowest BCUT2D eigenvalue weighted by molar-refractivity contribution is 0.0535. The molecule has 1 aromatic carbocycles. The van der Waals surface area contributed by atoms with E-state index in [9.17, 15) is 4.79 Å². The fourth-order valence-electron chi connectivity index (χ4n) is 4.47. The molecule has 1 unspecified atom stereocenters. The summed E-state index contributed by atoms with van der Waals surface area (Å²) in [4.78, 5) is 23.3. The summed E-state index contributed by atoms with van der Waals surface area (Å²) in [7, 11) is 0. The topological polar surface area (TPSA) is 98.1 Å². The van der Waals surface area contributed by atoms with Crippen molar-refractivity contribution in [2.45, 2.75) is 40.0 Å². The fourth-order valence-corrected chi connectivity index (χ4v) is 4.47. The molecule has 2 aromatic heterocycles. The Morgan fingerprint density at radius 3 is 2.61 bits per heavy atom. The number of fused-ring (bicyclic) bond motifs is 1. The zero-order valence-electron chi connectivity index (χ0n) is 17.9. The van der Waals surface area contributed by atoms with E-state index in [2.05, 4.69) is 43.4 Å². The minimum atomic E-state index is -0.219. The van der Waals surface area contributed by atoms with Crippen molar-refractivity contribution in [2.24, 2.45) is 0 Å². The molecule has 160 valence electrons. The molecular formula is C22H25N7O2. The minimum absolute atomic E-state index is 0.206. The number of ether oxygens (including phenoxy) is 1. The highest BCUT2D eigenvalue weighted by atomic mass is 16.5. The summed E-state index contributed by atoms with van der Waals surface area (Å²) in [5.74, 6) is 1.91. The number of hydrogen-bond donors (Lipinski definition) is 1. The molecule has 9 nitrogen and oxygen atoms in total. The molecule has 1 saturated heterocycles. The molecule has 0 bridgehead atoms. The van der Waals surface area contributed by atoms with Crippen LogP contribution < -0.4 is 5.32 Å². The molecule has 2 aliphatic heterocycles. The summed E-state index contributed by atoms with van der Waals surface area (Å²) < 4.78 is 7.05. The maximum atomic E-state index is 11.8. The molecule has 1 N–H and O–H groups in total. The Kier molecular flexibility index (Phi) is 4.99. The van der Waals surface area contributed by atoms with E-state index in [4.69, 9.17) is 4.74 Å². The van der Waals surface area contributed by atoms with Gasteiger partial charge in [0.15, 0.2) is 0 Å². The average Bonchev–Trinajstić information content (AvgIpc) is 3.31. The SMILES string of the molecule is Cc1c(C2CN(Cc3cnc(-n4c(C)nnc4C)nc3)CCN2)ccc2c1COC2=O. The van der Waals surface area contributed by atoms with Gasteiger partial charge in [-0.3, -0.25) is 9.47 Å². The van der Waals surface area contributed by atoms with Gasteiger partial charge in [0, 0.05) is 55.7 Å². The molecule has 2 aliphatic rings. The summed E-state index contributed by atoms with van der Waals surface area (Å²) >= 11 is 0. The molecule has 9 heteroatoms. The lowest BCUT2D eigenvalue weighted by atomic mass is 9.93. The van der Waals surface area contributed by atoms with Crippen LogP contribution in [-0.4, -0.2) is 55.2 Å². The van der Waals surface area contributed by atoms with Crippen molar-refractivity contribution in [2.75, 3.05) is 19.6 Å². The van der Waals surface area contributed by atoms with Crippen LogP contribution in [0.25, 0.3) is 5.95 Å². The summed E-state index contributed by atoms with van der Waals surface area (Å²) in [6, 6.07) is 4.16. The number of esters is 1. The Morgan fingerprint density at radius 1 is 1.13 bits per heavy atom. The van der Waals surface area contributed by atoms with Gasteiger partial charge in [-0.1, -0.05) is 6.07 Å². The zero-order chi connectivity index (χ0) is 21.5. The van der Waals surface area contributed by atoms with Crippen molar-refractivity contribution in [1.29, 1.82) is 0 Å². The molecule has 4 heterocycles. The van der Waals surface area contributed by atoms with Gasteiger partial charge in [-0.25, -0.2) is 14.8 Å². The van der Waals surface area contributed by atoms with Crippen LogP contribution in [-0.2, 0) is 17.9 Å². The van der Waals surface area contributed by atoms with Gasteiger partial charge in [0.2, 0.25) is 5.95 Å². The van der Waals surface area contributed by atoms with E-state index in [-0.39, 0.29) is 12.0 Å². The summed E-state index contributed by atoms with van der Waals surface area (Å²) in [6.45, 7) is 9.74. The monoisotopic (exact) mass is 419 g/mol. The molecule has 5 rings (SSSR count). The third-order valence-corrected chi connectivity index (χ3v) is 6.13. The number of cyclic esters (lactones) is 1. The number of hydrogen-bond acceptors (Lipinski definition) is 8. The van der Waals surface area contributed by atoms with E-state index in [1.54, 1.807) is 0 Å². The lowest BCUT2D eigenvalue weighted by Gasteiger charge is -2.34. The molecule has 0 aliphatic carbocycles. The summed E-state index contributed by atoms with van der Waals surface area (Å²) in [5, 5.41) is 11.8. The third kappa shape index (κ3) is 3.60. The van der Waals surface area contributed by atoms with Crippen LogP contribution in [0.15, 0.2) is 24.5 Å². The second-order valence-corrected chi connectivity index (χ2v) is 8.15. The van der Waals surface area contributed by atoms with Crippen LogP contribution in [0.2, 0.25) is 0 Å². The normalized spacial score (nSPS) is 18.8. The number of piperazine rings is 1. The highest BCUT2D eigenvalue weighted by Gasteiger charge is 2.28. The number of nitrogens with zero attached hydrogens (tertiary/aromatic N) is 6. The number of benzene rings is 1. The Morgan fingerprint density at radius 2 is 1.87 bits per heavy atom. The van der Waals surface area contributed by atoms with Gasteiger partial charge < -0.3 is 10.1 Å². The van der Waals surface area contributed by atoms with E-state index >= 15 is 0 Å². The predicted molar refractivity (Wildman–Crippen MR) is 113 cm³/mol. The Hall–Kier alpha value is -3.17. The number of aromatic nitrogens is 5. The quantitative estimate of drug-likeness (QED) is 0.640. The second kappa shape index (κ2) is 7.82. The first-order valence-corrected chi connectivity index (χ1v) is 10.5. The van der Waals surface area contributed by atoms with E-state index in [1.165, 1.54) is 5.56 Å². The van der Waals surface area contributed by atoms with Crippen molar-refractivity contribution < 1.29 is 9.53 Å². The van der Waals surface area contributed by atoms with Crippen LogP contribution in [0.3, 0.4) is 0 Å². The van der Waals surface area contributed by atoms with Gasteiger partial charge in [0.05, 0.1) is 5.56 Å². The van der Waals surface area contributed by atoms with Crippen LogP contribution in [0, 0.1) is 20.8 Å². The van der Waals surface area contributed by atoms with Crippen LogP contribution in [0.4, 0.5) is 0 Å². The molecule has 31 heavy (non-hydrogen) atoms. The second-order valence-electron chi connectivity index (χ2n) is 8.15. The number of carbonyl (C=O) groups is 1. The largest absolute Gasteiger partial charge is 0.457 e. The van der Waals surface area contributed by atoms with Gasteiger partial charge in [-0.15, -0.1) is 10.2 Å². The molecule has 3 aromatic rings. The smallest absolute Gasteiger partial charge is 0.338 e. The maximum Gasteiger partial charge on any atom is 0.338 e. The van der Waals surface area contributed by atoms with E-state index < -0.39 is 0 Å². The molecular weight excluding hydrogens is 394 g/mol. The van der Waals surface area contributed by atoms with Crippen molar-refractivity contribution in [1.82, 2.24) is 34.9 Å². The molecule has 0 spiro atoms. The standard InChI is InChI=1S/C22H25N7O2/c1-13-17(4-5-18-19(13)12-31-21(18)30)20-11-28(7-6-23-20)10-16-8-24-22(25-9-16)29-14(2)26-27-15(29)3/h4-5,8-9,20,23H,6-7,10-12H2,1-3H3. The van der Waals surface area contributed by atoms with Crippen LogP contribution in [0.1, 0.15) is 50.3 Å². The summed E-state index contributed by atoms with van der Waals surface area (Å²) in [5.41, 5.74) is 5.16. The van der Waals surface area contributed by atoms with Crippen molar-refractivity contribution in [3.8, 4) is 5.95 Å². The molecule has 0 amide bonds. The van der Waals surface area contributed by atoms with E-state index in [0.717, 1.165) is 54.5 Å². The Labute approximate surface area is 180 Å². The lowest BCUT2D eigenvalue weighted by Crippen LogP contribution is -2.45. The van der Waals surface area contributed by atoms with E-state index in [1.807, 2.05) is 36.9 Å². The minimum Gasteiger partial charge on any atom is -0.457 e. The number of nitrogens with one attached hydrogen (secondary N) is 1. The van der Waals surface area contributed by atoms with Gasteiger partial charge >= 0.3 is 5.97 Å². The number of aryl methyl sites for hydroxylation is 2. The predicted octanol–water partition coefficient (Wildman–Crippen LogP) is 1.80. The van der Waals surface area contributed by atoms with Crippen molar-refractivity contribution in [3.05, 3.63) is 64.0 Å².